The first-order chi connectivity index (χ1) is 10.5. The molecule has 1 aliphatic carbocycles. The van der Waals surface area contributed by atoms with Gasteiger partial charge in [-0.2, -0.15) is 0 Å². The van der Waals surface area contributed by atoms with E-state index < -0.39 is 4.33 Å². The second kappa shape index (κ2) is 6.26. The fraction of sp³-hybridized carbons (Fsp3) is 0.562. The molecule has 4 nitrogen and oxygen atoms in total. The zero-order valence-corrected chi connectivity index (χ0v) is 13.8. The number of hydrogen-bond donors (Lipinski definition) is 2. The van der Waals surface area contributed by atoms with Gasteiger partial charge in [-0.05, 0) is 37.3 Å². The van der Waals surface area contributed by atoms with Crippen molar-refractivity contribution in [2.24, 2.45) is 11.8 Å². The summed E-state index contributed by atoms with van der Waals surface area (Å²) < 4.78 is -0.904. The Kier molecular flexibility index (Phi) is 4.53. The van der Waals surface area contributed by atoms with Gasteiger partial charge in [-0.15, -0.1) is 23.2 Å². The van der Waals surface area contributed by atoms with Gasteiger partial charge in [-0.25, -0.2) is 0 Å². The van der Waals surface area contributed by atoms with Crippen molar-refractivity contribution in [3.8, 4) is 0 Å². The minimum Gasteiger partial charge on any atom is -0.396 e. The smallest absolute Gasteiger partial charge is 0.230 e. The standard InChI is InChI=1S/C16H20Cl2N2O2/c17-16(18)9-12(16)15(22)19-13-3-1-2-4-14(13)20-7-5-11(10-21)6-8-20/h1-4,11-12,21H,5-10H2,(H,19,22). The summed E-state index contributed by atoms with van der Waals surface area (Å²) in [6.45, 7) is 2.02. The van der Waals surface area contributed by atoms with Crippen LogP contribution in [0.2, 0.25) is 0 Å². The summed E-state index contributed by atoms with van der Waals surface area (Å²) >= 11 is 11.9. The maximum absolute atomic E-state index is 12.2. The molecule has 1 heterocycles. The van der Waals surface area contributed by atoms with Crippen LogP contribution in [-0.4, -0.2) is 35.0 Å². The summed E-state index contributed by atoms with van der Waals surface area (Å²) in [5, 5.41) is 12.2. The lowest BCUT2D eigenvalue weighted by molar-refractivity contribution is -0.117. The first-order valence-electron chi connectivity index (χ1n) is 7.65. The molecule has 1 aromatic carbocycles. The molecule has 1 saturated heterocycles. The van der Waals surface area contributed by atoms with Crippen LogP contribution in [0, 0.1) is 11.8 Å². The van der Waals surface area contributed by atoms with Crippen molar-refractivity contribution in [3.63, 3.8) is 0 Å². The number of para-hydroxylation sites is 2. The highest BCUT2D eigenvalue weighted by molar-refractivity contribution is 6.52. The van der Waals surface area contributed by atoms with Crippen LogP contribution in [0.15, 0.2) is 24.3 Å². The molecule has 0 bridgehead atoms. The molecule has 0 aromatic heterocycles. The number of amides is 1. The maximum Gasteiger partial charge on any atom is 0.230 e. The number of halogens is 2. The Morgan fingerprint density at radius 1 is 1.32 bits per heavy atom. The first-order valence-corrected chi connectivity index (χ1v) is 8.40. The number of carbonyl (C=O) groups excluding carboxylic acids is 1. The maximum atomic E-state index is 12.2. The van der Waals surface area contributed by atoms with Crippen molar-refractivity contribution in [2.45, 2.75) is 23.6 Å². The van der Waals surface area contributed by atoms with E-state index in [0.717, 1.165) is 37.3 Å². The molecule has 2 N–H and O–H groups in total. The Bertz CT molecular complexity index is 557. The average Bonchev–Trinajstić information content (AvgIpc) is 3.17. The summed E-state index contributed by atoms with van der Waals surface area (Å²) in [5.74, 6) is -0.0655. The van der Waals surface area contributed by atoms with Gasteiger partial charge in [0.25, 0.3) is 0 Å². The van der Waals surface area contributed by atoms with Gasteiger partial charge in [0.1, 0.15) is 4.33 Å². The van der Waals surface area contributed by atoms with Crippen LogP contribution in [-0.2, 0) is 4.79 Å². The van der Waals surface area contributed by atoms with E-state index in [9.17, 15) is 9.90 Å². The SMILES string of the molecule is O=C(Nc1ccccc1N1CCC(CO)CC1)C1CC1(Cl)Cl. The van der Waals surface area contributed by atoms with Gasteiger partial charge >= 0.3 is 0 Å². The molecule has 1 aromatic rings. The van der Waals surface area contributed by atoms with Crippen molar-refractivity contribution in [2.75, 3.05) is 29.9 Å². The Hall–Kier alpha value is -0.970. The number of aliphatic hydroxyl groups excluding tert-OH is 1. The summed E-state index contributed by atoms with van der Waals surface area (Å²) in [4.78, 5) is 14.4. The predicted octanol–water partition coefficient (Wildman–Crippen LogP) is 3.03. The molecular weight excluding hydrogens is 323 g/mol. The minimum absolute atomic E-state index is 0.123. The molecule has 3 rings (SSSR count). The third kappa shape index (κ3) is 3.34. The summed E-state index contributed by atoms with van der Waals surface area (Å²) in [6, 6.07) is 7.78. The predicted molar refractivity (Wildman–Crippen MR) is 89.6 cm³/mol. The molecule has 6 heteroatoms. The highest BCUT2D eigenvalue weighted by Gasteiger charge is 2.56. The van der Waals surface area contributed by atoms with E-state index in [1.807, 2.05) is 24.3 Å². The molecule has 2 fully saturated rings. The zero-order chi connectivity index (χ0) is 15.7. The lowest BCUT2D eigenvalue weighted by Crippen LogP contribution is -2.35. The molecule has 1 saturated carbocycles. The van der Waals surface area contributed by atoms with E-state index in [-0.39, 0.29) is 18.4 Å². The third-order valence-corrected chi connectivity index (χ3v) is 5.35. The molecule has 1 aliphatic heterocycles. The number of aliphatic hydroxyl groups is 1. The Morgan fingerprint density at radius 2 is 1.95 bits per heavy atom. The zero-order valence-electron chi connectivity index (χ0n) is 12.3. The fourth-order valence-electron chi connectivity index (χ4n) is 2.93. The Labute approximate surface area is 140 Å². The number of hydrogen-bond acceptors (Lipinski definition) is 3. The number of nitrogens with one attached hydrogen (secondary N) is 1. The molecule has 120 valence electrons. The Balaban J connectivity index is 1.69. The van der Waals surface area contributed by atoms with Crippen molar-refractivity contribution in [1.82, 2.24) is 0 Å². The highest BCUT2D eigenvalue weighted by Crippen LogP contribution is 2.53. The molecular formula is C16H20Cl2N2O2. The largest absolute Gasteiger partial charge is 0.396 e. The molecule has 0 radical (unpaired) electrons. The van der Waals surface area contributed by atoms with Crippen molar-refractivity contribution in [3.05, 3.63) is 24.3 Å². The number of anilines is 2. The summed E-state index contributed by atoms with van der Waals surface area (Å²) in [7, 11) is 0. The third-order valence-electron chi connectivity index (χ3n) is 4.52. The monoisotopic (exact) mass is 342 g/mol. The van der Waals surface area contributed by atoms with E-state index >= 15 is 0 Å². The quantitative estimate of drug-likeness (QED) is 0.827. The number of alkyl halides is 2. The van der Waals surface area contributed by atoms with E-state index in [0.29, 0.717) is 12.3 Å². The summed E-state index contributed by atoms with van der Waals surface area (Å²) in [5.41, 5.74) is 1.81. The van der Waals surface area contributed by atoms with E-state index in [4.69, 9.17) is 23.2 Å². The van der Waals surface area contributed by atoms with Crippen LogP contribution in [0.25, 0.3) is 0 Å². The van der Waals surface area contributed by atoms with Gasteiger partial charge < -0.3 is 15.3 Å². The molecule has 2 aliphatic rings. The van der Waals surface area contributed by atoms with Gasteiger partial charge in [0, 0.05) is 19.7 Å². The number of benzene rings is 1. The topological polar surface area (TPSA) is 52.6 Å². The Morgan fingerprint density at radius 3 is 2.55 bits per heavy atom. The van der Waals surface area contributed by atoms with Crippen LogP contribution in [0.5, 0.6) is 0 Å². The number of carbonyl (C=O) groups is 1. The van der Waals surface area contributed by atoms with Crippen LogP contribution < -0.4 is 10.2 Å². The second-order valence-electron chi connectivity index (χ2n) is 6.14. The average molecular weight is 343 g/mol. The minimum atomic E-state index is -0.904. The molecule has 1 unspecified atom stereocenters. The number of nitrogens with zero attached hydrogens (tertiary/aromatic N) is 1. The van der Waals surface area contributed by atoms with Gasteiger partial charge in [0.2, 0.25) is 5.91 Å². The fourth-order valence-corrected chi connectivity index (χ4v) is 3.44. The van der Waals surface area contributed by atoms with Gasteiger partial charge in [0.15, 0.2) is 0 Å². The van der Waals surface area contributed by atoms with Gasteiger partial charge in [-0.3, -0.25) is 4.79 Å². The lowest BCUT2D eigenvalue weighted by atomic mass is 9.97. The lowest BCUT2D eigenvalue weighted by Gasteiger charge is -2.34. The normalized spacial score (nSPS) is 24.1. The molecule has 1 atom stereocenters. The van der Waals surface area contributed by atoms with Gasteiger partial charge in [0.05, 0.1) is 17.3 Å². The highest BCUT2D eigenvalue weighted by atomic mass is 35.5. The van der Waals surface area contributed by atoms with Gasteiger partial charge in [-0.1, -0.05) is 12.1 Å². The van der Waals surface area contributed by atoms with Crippen molar-refractivity contribution >= 4 is 40.5 Å². The van der Waals surface area contributed by atoms with Crippen LogP contribution >= 0.6 is 23.2 Å². The number of rotatable bonds is 4. The van der Waals surface area contributed by atoms with E-state index in [2.05, 4.69) is 10.2 Å². The van der Waals surface area contributed by atoms with Crippen molar-refractivity contribution < 1.29 is 9.90 Å². The molecule has 22 heavy (non-hydrogen) atoms. The molecule has 1 amide bonds. The molecule has 0 spiro atoms. The summed E-state index contributed by atoms with van der Waals surface area (Å²) in [6.07, 6.45) is 2.44. The second-order valence-corrected chi connectivity index (χ2v) is 7.68. The van der Waals surface area contributed by atoms with Crippen LogP contribution in [0.4, 0.5) is 11.4 Å². The van der Waals surface area contributed by atoms with Crippen molar-refractivity contribution in [1.29, 1.82) is 0 Å². The van der Waals surface area contributed by atoms with E-state index in [1.165, 1.54) is 0 Å². The van der Waals surface area contributed by atoms with E-state index in [1.54, 1.807) is 0 Å². The number of piperidine rings is 1. The first kappa shape index (κ1) is 15.9. The van der Waals surface area contributed by atoms with Crippen LogP contribution in [0.1, 0.15) is 19.3 Å². The van der Waals surface area contributed by atoms with Crippen LogP contribution in [0.3, 0.4) is 0 Å².